The van der Waals surface area contributed by atoms with E-state index < -0.39 is 11.7 Å². The molecule has 0 aliphatic carbocycles. The number of amides is 1. The van der Waals surface area contributed by atoms with Crippen LogP contribution >= 0.6 is 0 Å². The van der Waals surface area contributed by atoms with E-state index in [1.165, 1.54) is 24.4 Å². The molecule has 0 radical (unpaired) electrons. The van der Waals surface area contributed by atoms with Crippen molar-refractivity contribution in [3.63, 3.8) is 0 Å². The van der Waals surface area contributed by atoms with Crippen LogP contribution in [0.1, 0.15) is 35.3 Å². The molecule has 1 amide bonds. The van der Waals surface area contributed by atoms with E-state index in [-0.39, 0.29) is 23.4 Å². The van der Waals surface area contributed by atoms with Gasteiger partial charge in [0.15, 0.2) is 5.69 Å². The van der Waals surface area contributed by atoms with Gasteiger partial charge in [-0.3, -0.25) is 9.69 Å². The minimum absolute atomic E-state index is 0.0413. The van der Waals surface area contributed by atoms with E-state index in [2.05, 4.69) is 15.2 Å². The van der Waals surface area contributed by atoms with Crippen LogP contribution < -0.4 is 0 Å². The first-order valence-corrected chi connectivity index (χ1v) is 10.1. The highest BCUT2D eigenvalue weighted by atomic mass is 19.4. The zero-order valence-corrected chi connectivity index (χ0v) is 16.5. The van der Waals surface area contributed by atoms with E-state index in [0.29, 0.717) is 13.1 Å². The maximum absolute atomic E-state index is 13.3. The second-order valence-corrected chi connectivity index (χ2v) is 7.64. The predicted octanol–water partition coefficient (Wildman–Crippen LogP) is 2.61. The molecule has 1 atom stereocenters. The molecule has 2 saturated heterocycles. The average molecular weight is 423 g/mol. The molecular weight excluding hydrogens is 399 g/mol. The fraction of sp³-hybridized carbons (Fsp3) is 0.550. The molecule has 0 unspecified atom stereocenters. The molecule has 2 aromatic rings. The normalized spacial score (nSPS) is 21.0. The van der Waals surface area contributed by atoms with Crippen molar-refractivity contribution in [1.82, 2.24) is 24.8 Å². The lowest BCUT2D eigenvalue weighted by molar-refractivity contribution is -0.137. The van der Waals surface area contributed by atoms with Crippen LogP contribution in [0, 0.1) is 0 Å². The third-order valence-corrected chi connectivity index (χ3v) is 5.53. The summed E-state index contributed by atoms with van der Waals surface area (Å²) in [6, 6.07) is 5.09. The Morgan fingerprint density at radius 2 is 1.97 bits per heavy atom. The summed E-state index contributed by atoms with van der Waals surface area (Å²) in [5, 5.41) is 7.62. The smallest absolute Gasteiger partial charge is 0.377 e. The van der Waals surface area contributed by atoms with Crippen LogP contribution in [0.25, 0.3) is 5.69 Å². The van der Waals surface area contributed by atoms with Crippen LogP contribution in [-0.4, -0.2) is 76.1 Å². The maximum Gasteiger partial charge on any atom is 0.418 e. The van der Waals surface area contributed by atoms with Gasteiger partial charge in [0.05, 0.1) is 23.6 Å². The lowest BCUT2D eigenvalue weighted by atomic mass is 10.1. The first-order chi connectivity index (χ1) is 14.4. The van der Waals surface area contributed by atoms with Crippen molar-refractivity contribution in [2.24, 2.45) is 0 Å². The van der Waals surface area contributed by atoms with Crippen molar-refractivity contribution in [2.45, 2.75) is 31.5 Å². The number of halogens is 3. The quantitative estimate of drug-likeness (QED) is 0.757. The number of para-hydroxylation sites is 1. The van der Waals surface area contributed by atoms with Crippen LogP contribution in [0.2, 0.25) is 0 Å². The van der Waals surface area contributed by atoms with Gasteiger partial charge in [-0.2, -0.15) is 13.2 Å². The van der Waals surface area contributed by atoms with E-state index in [4.69, 9.17) is 4.74 Å². The number of alkyl halides is 3. The van der Waals surface area contributed by atoms with Crippen LogP contribution in [0.15, 0.2) is 30.5 Å². The molecule has 0 N–H and O–H groups in total. The lowest BCUT2D eigenvalue weighted by Crippen LogP contribution is -2.37. The third-order valence-electron chi connectivity index (χ3n) is 5.53. The van der Waals surface area contributed by atoms with Crippen LogP contribution in [-0.2, 0) is 10.9 Å². The topological polar surface area (TPSA) is 63.5 Å². The number of hydrogen-bond donors (Lipinski definition) is 0. The van der Waals surface area contributed by atoms with Crippen molar-refractivity contribution in [2.75, 3.05) is 39.3 Å². The Bertz CT molecular complexity index is 879. The summed E-state index contributed by atoms with van der Waals surface area (Å²) in [6.45, 7) is 4.42. The first-order valence-electron chi connectivity index (χ1n) is 10.1. The number of carbonyl (C=O) groups is 1. The van der Waals surface area contributed by atoms with E-state index in [0.717, 1.165) is 56.3 Å². The van der Waals surface area contributed by atoms with Crippen molar-refractivity contribution in [3.8, 4) is 5.69 Å². The number of rotatable bonds is 4. The highest BCUT2D eigenvalue weighted by molar-refractivity contribution is 5.92. The standard InChI is InChI=1S/C20H24F3N5O2/c21-20(22,23)16-6-1-2-7-18(16)28-14-17(24-25-28)19(29)27-9-4-8-26(10-11-27)13-15-5-3-12-30-15/h1-2,6-7,14-15H,3-5,8-13H2/t15-/m0/s1. The molecule has 0 bridgehead atoms. The Kier molecular flexibility index (Phi) is 6.05. The van der Waals surface area contributed by atoms with Gasteiger partial charge in [0.2, 0.25) is 0 Å². The monoisotopic (exact) mass is 423 g/mol. The minimum atomic E-state index is -4.52. The van der Waals surface area contributed by atoms with E-state index >= 15 is 0 Å². The minimum Gasteiger partial charge on any atom is -0.377 e. The molecule has 3 heterocycles. The average Bonchev–Trinajstić information content (AvgIpc) is 3.36. The molecule has 0 saturated carbocycles. The Labute approximate surface area is 172 Å². The molecular formula is C20H24F3N5O2. The zero-order valence-electron chi connectivity index (χ0n) is 16.5. The fourth-order valence-corrected chi connectivity index (χ4v) is 3.99. The molecule has 10 heteroatoms. The number of carbonyl (C=O) groups excluding carboxylic acids is 1. The molecule has 1 aromatic heterocycles. The largest absolute Gasteiger partial charge is 0.418 e. The molecule has 162 valence electrons. The number of aromatic nitrogens is 3. The molecule has 2 aliphatic heterocycles. The summed E-state index contributed by atoms with van der Waals surface area (Å²) >= 11 is 0. The van der Waals surface area contributed by atoms with Crippen molar-refractivity contribution in [1.29, 1.82) is 0 Å². The molecule has 7 nitrogen and oxygen atoms in total. The summed E-state index contributed by atoms with van der Waals surface area (Å²) in [6.07, 6.45) is -0.00583. The summed E-state index contributed by atoms with van der Waals surface area (Å²) in [5.41, 5.74) is -0.942. The van der Waals surface area contributed by atoms with Gasteiger partial charge < -0.3 is 9.64 Å². The Balaban J connectivity index is 1.43. The number of benzene rings is 1. The van der Waals surface area contributed by atoms with E-state index in [9.17, 15) is 18.0 Å². The molecule has 2 aliphatic rings. The van der Waals surface area contributed by atoms with E-state index in [1.54, 1.807) is 4.90 Å². The van der Waals surface area contributed by atoms with Gasteiger partial charge in [-0.15, -0.1) is 5.10 Å². The summed E-state index contributed by atoms with van der Waals surface area (Å²) < 4.78 is 46.5. The Hall–Kier alpha value is -2.46. The molecule has 30 heavy (non-hydrogen) atoms. The summed E-state index contributed by atoms with van der Waals surface area (Å²) in [7, 11) is 0. The number of ether oxygens (including phenoxy) is 1. The van der Waals surface area contributed by atoms with Gasteiger partial charge in [0.25, 0.3) is 5.91 Å². The summed E-state index contributed by atoms with van der Waals surface area (Å²) in [5.74, 6) is -0.315. The molecule has 0 spiro atoms. The zero-order chi connectivity index (χ0) is 21.1. The Morgan fingerprint density at radius 3 is 2.73 bits per heavy atom. The highest BCUT2D eigenvalue weighted by Gasteiger charge is 2.34. The number of hydrogen-bond acceptors (Lipinski definition) is 5. The van der Waals surface area contributed by atoms with E-state index in [1.807, 2.05) is 0 Å². The van der Waals surface area contributed by atoms with Crippen LogP contribution in [0.4, 0.5) is 13.2 Å². The first kappa shape index (κ1) is 20.8. The molecule has 1 aromatic carbocycles. The van der Waals surface area contributed by atoms with Crippen molar-refractivity contribution in [3.05, 3.63) is 41.7 Å². The number of nitrogens with zero attached hydrogens (tertiary/aromatic N) is 5. The van der Waals surface area contributed by atoms with Crippen molar-refractivity contribution >= 4 is 5.91 Å². The van der Waals surface area contributed by atoms with Gasteiger partial charge in [0.1, 0.15) is 0 Å². The summed E-state index contributed by atoms with van der Waals surface area (Å²) in [4.78, 5) is 16.9. The Morgan fingerprint density at radius 1 is 1.13 bits per heavy atom. The van der Waals surface area contributed by atoms with Gasteiger partial charge in [-0.05, 0) is 37.9 Å². The molecule has 2 fully saturated rings. The highest BCUT2D eigenvalue weighted by Crippen LogP contribution is 2.33. The molecule has 4 rings (SSSR count). The van der Waals surface area contributed by atoms with Crippen LogP contribution in [0.5, 0.6) is 0 Å². The predicted molar refractivity (Wildman–Crippen MR) is 102 cm³/mol. The van der Waals surface area contributed by atoms with Crippen molar-refractivity contribution < 1.29 is 22.7 Å². The van der Waals surface area contributed by atoms with Gasteiger partial charge in [-0.1, -0.05) is 17.3 Å². The van der Waals surface area contributed by atoms with Gasteiger partial charge in [0, 0.05) is 32.8 Å². The second-order valence-electron chi connectivity index (χ2n) is 7.64. The third kappa shape index (κ3) is 4.65. The SMILES string of the molecule is O=C(c1cn(-c2ccccc2C(F)(F)F)nn1)N1CCCN(C[C@@H]2CCCO2)CC1. The lowest BCUT2D eigenvalue weighted by Gasteiger charge is -2.23. The van der Waals surface area contributed by atoms with Gasteiger partial charge >= 0.3 is 6.18 Å². The maximum atomic E-state index is 13.3. The fourth-order valence-electron chi connectivity index (χ4n) is 3.99. The second kappa shape index (κ2) is 8.73. The van der Waals surface area contributed by atoms with Crippen LogP contribution in [0.3, 0.4) is 0 Å². The van der Waals surface area contributed by atoms with Gasteiger partial charge in [-0.25, -0.2) is 4.68 Å².